The number of nitrogen functional groups attached to an aromatic ring is 1. The number of nitrogens with zero attached hydrogens (tertiary/aromatic N) is 1. The standard InChI is InChI=1S/C21H26N4O4/c1-29-15-8-7-13-10-16(12-5-3-2-4-6-12)25(11-14(13)9-15)20(27)18-17(22)19(26)24-21(28)23-18/h7-9,12,16H,2-6,10-11,22H2,1H3,(H2,23,24,26,28). The molecule has 1 unspecified atom stereocenters. The maximum Gasteiger partial charge on any atom is 0.326 e. The Kier molecular flexibility index (Phi) is 5.17. The average molecular weight is 398 g/mol. The lowest BCUT2D eigenvalue weighted by atomic mass is 9.78. The molecule has 1 atom stereocenters. The predicted molar refractivity (Wildman–Crippen MR) is 109 cm³/mol. The minimum atomic E-state index is -0.745. The fourth-order valence-electron chi connectivity index (χ4n) is 4.68. The van der Waals surface area contributed by atoms with Crippen molar-refractivity contribution in [1.82, 2.24) is 14.9 Å². The number of aromatic amines is 2. The number of nitrogens with two attached hydrogens (primary N) is 1. The maximum atomic E-state index is 13.4. The van der Waals surface area contributed by atoms with Crippen molar-refractivity contribution >= 4 is 11.6 Å². The average Bonchev–Trinajstić information content (AvgIpc) is 2.75. The SMILES string of the molecule is COc1ccc2c(c1)CN(C(=O)c1[nH]c(=O)[nH]c(=O)c1N)C(C1CCCCC1)C2. The number of hydrogen-bond acceptors (Lipinski definition) is 5. The molecule has 4 rings (SSSR count). The second-order valence-corrected chi connectivity index (χ2v) is 7.93. The number of carbonyl (C=O) groups is 1. The molecule has 0 saturated heterocycles. The normalized spacial score (nSPS) is 19.6. The van der Waals surface area contributed by atoms with E-state index in [-0.39, 0.29) is 17.4 Å². The van der Waals surface area contributed by atoms with E-state index < -0.39 is 17.2 Å². The van der Waals surface area contributed by atoms with Crippen molar-refractivity contribution in [2.24, 2.45) is 5.92 Å². The number of rotatable bonds is 3. The van der Waals surface area contributed by atoms with E-state index in [2.05, 4.69) is 16.0 Å². The highest BCUT2D eigenvalue weighted by Crippen LogP contribution is 2.36. The molecule has 1 amide bonds. The second kappa shape index (κ2) is 7.77. The van der Waals surface area contributed by atoms with Crippen molar-refractivity contribution in [1.29, 1.82) is 0 Å². The summed E-state index contributed by atoms with van der Waals surface area (Å²) in [6, 6.07) is 5.96. The zero-order valence-corrected chi connectivity index (χ0v) is 16.5. The number of amides is 1. The third-order valence-corrected chi connectivity index (χ3v) is 6.23. The number of ether oxygens (including phenoxy) is 1. The van der Waals surface area contributed by atoms with Crippen LogP contribution in [0.2, 0.25) is 0 Å². The summed E-state index contributed by atoms with van der Waals surface area (Å²) in [5.74, 6) is 0.712. The van der Waals surface area contributed by atoms with Crippen LogP contribution >= 0.6 is 0 Å². The molecule has 1 fully saturated rings. The molecule has 4 N–H and O–H groups in total. The van der Waals surface area contributed by atoms with Crippen molar-refractivity contribution in [3.8, 4) is 5.75 Å². The molecule has 1 aliphatic carbocycles. The van der Waals surface area contributed by atoms with Gasteiger partial charge in [-0.05, 0) is 48.4 Å². The smallest absolute Gasteiger partial charge is 0.326 e. The van der Waals surface area contributed by atoms with Gasteiger partial charge in [0.05, 0.1) is 7.11 Å². The van der Waals surface area contributed by atoms with Crippen LogP contribution in [0.3, 0.4) is 0 Å². The quantitative estimate of drug-likeness (QED) is 0.728. The molecular formula is C21H26N4O4. The Hall–Kier alpha value is -3.03. The van der Waals surface area contributed by atoms with Gasteiger partial charge in [-0.3, -0.25) is 14.6 Å². The van der Waals surface area contributed by atoms with Gasteiger partial charge in [-0.15, -0.1) is 0 Å². The number of aromatic nitrogens is 2. The number of benzene rings is 1. The molecule has 0 bridgehead atoms. The van der Waals surface area contributed by atoms with Gasteiger partial charge in [0.25, 0.3) is 11.5 Å². The fraction of sp³-hybridized carbons (Fsp3) is 0.476. The summed E-state index contributed by atoms with van der Waals surface area (Å²) in [6.07, 6.45) is 6.41. The Morgan fingerprint density at radius 2 is 1.90 bits per heavy atom. The van der Waals surface area contributed by atoms with Crippen LogP contribution in [0, 0.1) is 5.92 Å². The molecule has 8 nitrogen and oxygen atoms in total. The van der Waals surface area contributed by atoms with Gasteiger partial charge < -0.3 is 20.4 Å². The number of carbonyl (C=O) groups excluding carboxylic acids is 1. The number of hydrogen-bond donors (Lipinski definition) is 3. The summed E-state index contributed by atoms with van der Waals surface area (Å²) in [6.45, 7) is 0.390. The summed E-state index contributed by atoms with van der Waals surface area (Å²) in [5.41, 5.74) is 6.19. The lowest BCUT2D eigenvalue weighted by molar-refractivity contribution is 0.0508. The third-order valence-electron chi connectivity index (χ3n) is 6.23. The third kappa shape index (κ3) is 3.66. The molecule has 1 saturated carbocycles. The Labute approximate surface area is 168 Å². The van der Waals surface area contributed by atoms with Crippen molar-refractivity contribution in [3.05, 3.63) is 55.9 Å². The summed E-state index contributed by atoms with van der Waals surface area (Å²) < 4.78 is 5.34. The number of anilines is 1. The second-order valence-electron chi connectivity index (χ2n) is 7.93. The van der Waals surface area contributed by atoms with Crippen molar-refractivity contribution < 1.29 is 9.53 Å². The van der Waals surface area contributed by atoms with Gasteiger partial charge >= 0.3 is 5.69 Å². The molecule has 2 aliphatic rings. The van der Waals surface area contributed by atoms with Crippen LogP contribution in [0.5, 0.6) is 5.75 Å². The molecule has 154 valence electrons. The van der Waals surface area contributed by atoms with E-state index in [1.165, 1.54) is 12.0 Å². The first-order chi connectivity index (χ1) is 14.0. The van der Waals surface area contributed by atoms with E-state index in [1.54, 1.807) is 12.0 Å². The van der Waals surface area contributed by atoms with Crippen LogP contribution in [0.4, 0.5) is 5.69 Å². The van der Waals surface area contributed by atoms with E-state index in [9.17, 15) is 14.4 Å². The van der Waals surface area contributed by atoms with Crippen molar-refractivity contribution in [2.45, 2.75) is 51.1 Å². The van der Waals surface area contributed by atoms with E-state index in [0.717, 1.165) is 43.4 Å². The molecule has 1 aromatic heterocycles. The molecule has 0 radical (unpaired) electrons. The van der Waals surface area contributed by atoms with Crippen LogP contribution in [0.25, 0.3) is 0 Å². The van der Waals surface area contributed by atoms with Gasteiger partial charge in [0, 0.05) is 12.6 Å². The van der Waals surface area contributed by atoms with Gasteiger partial charge in [0.1, 0.15) is 17.1 Å². The zero-order valence-electron chi connectivity index (χ0n) is 16.5. The number of methoxy groups -OCH3 is 1. The first kappa shape index (κ1) is 19.3. The Morgan fingerprint density at radius 3 is 2.62 bits per heavy atom. The Balaban J connectivity index is 1.75. The maximum absolute atomic E-state index is 13.4. The lowest BCUT2D eigenvalue weighted by Gasteiger charge is -2.42. The zero-order chi connectivity index (χ0) is 20.5. The summed E-state index contributed by atoms with van der Waals surface area (Å²) in [7, 11) is 1.61. The van der Waals surface area contributed by atoms with Gasteiger partial charge in [0.2, 0.25) is 0 Å². The van der Waals surface area contributed by atoms with E-state index in [4.69, 9.17) is 10.5 Å². The Bertz CT molecular complexity index is 1040. The topological polar surface area (TPSA) is 121 Å². The van der Waals surface area contributed by atoms with E-state index in [0.29, 0.717) is 12.5 Å². The first-order valence-electron chi connectivity index (χ1n) is 10.1. The number of nitrogens with one attached hydrogen (secondary N) is 2. The molecule has 0 spiro atoms. The highest BCUT2D eigenvalue weighted by molar-refractivity contribution is 5.97. The van der Waals surface area contributed by atoms with Crippen LogP contribution in [0.1, 0.15) is 53.7 Å². The molecule has 8 heteroatoms. The largest absolute Gasteiger partial charge is 0.497 e. The van der Waals surface area contributed by atoms with Gasteiger partial charge in [0.15, 0.2) is 0 Å². The highest BCUT2D eigenvalue weighted by Gasteiger charge is 2.37. The summed E-state index contributed by atoms with van der Waals surface area (Å²) in [4.78, 5) is 43.4. The van der Waals surface area contributed by atoms with Crippen LogP contribution in [-0.4, -0.2) is 33.9 Å². The van der Waals surface area contributed by atoms with Crippen LogP contribution < -0.4 is 21.7 Å². The van der Waals surface area contributed by atoms with Gasteiger partial charge in [-0.2, -0.15) is 0 Å². The van der Waals surface area contributed by atoms with E-state index in [1.807, 2.05) is 12.1 Å². The highest BCUT2D eigenvalue weighted by atomic mass is 16.5. The lowest BCUT2D eigenvalue weighted by Crippen LogP contribution is -2.49. The summed E-state index contributed by atoms with van der Waals surface area (Å²) in [5, 5.41) is 0. The van der Waals surface area contributed by atoms with Crippen LogP contribution in [-0.2, 0) is 13.0 Å². The van der Waals surface area contributed by atoms with Gasteiger partial charge in [-0.1, -0.05) is 25.3 Å². The van der Waals surface area contributed by atoms with E-state index >= 15 is 0 Å². The molecule has 2 aromatic rings. The molecule has 1 aromatic carbocycles. The molecule has 29 heavy (non-hydrogen) atoms. The monoisotopic (exact) mass is 398 g/mol. The minimum Gasteiger partial charge on any atom is -0.497 e. The molecular weight excluding hydrogens is 372 g/mol. The fourth-order valence-corrected chi connectivity index (χ4v) is 4.68. The minimum absolute atomic E-state index is 0.00545. The molecule has 1 aliphatic heterocycles. The van der Waals surface area contributed by atoms with Crippen molar-refractivity contribution in [2.75, 3.05) is 12.8 Å². The van der Waals surface area contributed by atoms with Crippen LogP contribution in [0.15, 0.2) is 27.8 Å². The first-order valence-corrected chi connectivity index (χ1v) is 10.1. The summed E-state index contributed by atoms with van der Waals surface area (Å²) >= 11 is 0. The van der Waals surface area contributed by atoms with Gasteiger partial charge in [-0.25, -0.2) is 4.79 Å². The number of H-pyrrole nitrogens is 2. The van der Waals surface area contributed by atoms with Crippen molar-refractivity contribution in [3.63, 3.8) is 0 Å². The molecule has 2 heterocycles. The Morgan fingerprint density at radius 1 is 1.14 bits per heavy atom. The predicted octanol–water partition coefficient (Wildman–Crippen LogP) is 1.80. The number of fused-ring (bicyclic) bond motifs is 1.